The molecule has 0 radical (unpaired) electrons. The van der Waals surface area contributed by atoms with E-state index in [1.807, 2.05) is 39.0 Å². The van der Waals surface area contributed by atoms with Crippen molar-refractivity contribution in [2.24, 2.45) is 22.7 Å². The molecule has 0 N–H and O–H groups in total. The summed E-state index contributed by atoms with van der Waals surface area (Å²) in [6, 6.07) is 13.6. The van der Waals surface area contributed by atoms with E-state index in [4.69, 9.17) is 9.47 Å². The lowest BCUT2D eigenvalue weighted by Crippen LogP contribution is -2.48. The van der Waals surface area contributed by atoms with Crippen LogP contribution in [0.5, 0.6) is 0 Å². The van der Waals surface area contributed by atoms with Gasteiger partial charge in [0.25, 0.3) is 0 Å². The van der Waals surface area contributed by atoms with Crippen molar-refractivity contribution in [3.63, 3.8) is 0 Å². The second-order valence-electron chi connectivity index (χ2n) is 14.2. The fraction of sp³-hybridized carbons (Fsp3) is 0.556. The van der Waals surface area contributed by atoms with Crippen molar-refractivity contribution in [1.29, 1.82) is 0 Å². The maximum absolute atomic E-state index is 14.4. The van der Waals surface area contributed by atoms with Crippen LogP contribution in [0.1, 0.15) is 74.1 Å². The summed E-state index contributed by atoms with van der Waals surface area (Å²) in [5.41, 5.74) is -2.16. The van der Waals surface area contributed by atoms with Crippen molar-refractivity contribution in [3.8, 4) is 0 Å². The molecule has 1 aliphatic heterocycles. The standard InChI is InChI=1S/C36H47NO6S/c1-9-24-20-36(24,33(41)42-10-2)21-29(38)28-18-25(44-30-17-13-15-23-14-11-12-16-26(23)30)22-37(28)32(40)27(34(3,4)5)19-31(39)43-35(6,7)8/h9,11-17,24-25,27-28H,1,10,18-22H2,2-8H3/t24?,25-,27-,28+,36?/m1/s1. The first-order valence-electron chi connectivity index (χ1n) is 15.6. The van der Waals surface area contributed by atoms with E-state index in [2.05, 4.69) is 30.8 Å². The number of likely N-dealkylation sites (tertiary alicyclic amines) is 1. The number of esters is 2. The number of nitrogens with zero attached hydrogens (tertiary/aromatic N) is 1. The molecule has 1 amide bonds. The van der Waals surface area contributed by atoms with Gasteiger partial charge in [0, 0.05) is 23.1 Å². The molecular formula is C36H47NO6S. The fourth-order valence-corrected chi connectivity index (χ4v) is 7.62. The average molecular weight is 622 g/mol. The Balaban J connectivity index is 1.64. The molecule has 4 rings (SSSR count). The van der Waals surface area contributed by atoms with Crippen molar-refractivity contribution in [2.45, 2.75) is 95.9 Å². The predicted molar refractivity (Wildman–Crippen MR) is 174 cm³/mol. The van der Waals surface area contributed by atoms with Crippen molar-refractivity contribution in [3.05, 3.63) is 55.1 Å². The molecule has 8 heteroatoms. The van der Waals surface area contributed by atoms with Crippen LogP contribution in [0.15, 0.2) is 60.0 Å². The molecule has 2 fully saturated rings. The number of benzene rings is 2. The number of ketones is 1. The Kier molecular flexibility index (Phi) is 10.0. The zero-order valence-corrected chi connectivity index (χ0v) is 28.0. The minimum absolute atomic E-state index is 0.00509. The van der Waals surface area contributed by atoms with Crippen LogP contribution in [-0.4, -0.2) is 58.6 Å². The summed E-state index contributed by atoms with van der Waals surface area (Å²) in [4.78, 5) is 57.3. The number of carbonyl (C=O) groups excluding carboxylic acids is 4. The van der Waals surface area contributed by atoms with Crippen molar-refractivity contribution in [2.75, 3.05) is 13.2 Å². The van der Waals surface area contributed by atoms with Crippen molar-refractivity contribution >= 4 is 46.2 Å². The largest absolute Gasteiger partial charge is 0.466 e. The molecule has 44 heavy (non-hydrogen) atoms. The third kappa shape index (κ3) is 7.56. The molecule has 2 unspecified atom stereocenters. The maximum Gasteiger partial charge on any atom is 0.313 e. The number of ether oxygens (including phenoxy) is 2. The van der Waals surface area contributed by atoms with E-state index in [1.165, 1.54) is 0 Å². The van der Waals surface area contributed by atoms with Crippen LogP contribution in [0.2, 0.25) is 0 Å². The van der Waals surface area contributed by atoms with Gasteiger partial charge in [0.15, 0.2) is 5.78 Å². The third-order valence-corrected chi connectivity index (χ3v) is 9.97. The smallest absolute Gasteiger partial charge is 0.313 e. The molecule has 5 atom stereocenters. The van der Waals surface area contributed by atoms with Gasteiger partial charge in [-0.3, -0.25) is 19.2 Å². The lowest BCUT2D eigenvalue weighted by Gasteiger charge is -2.35. The molecule has 2 aromatic carbocycles. The van der Waals surface area contributed by atoms with E-state index in [1.54, 1.807) is 50.4 Å². The second kappa shape index (κ2) is 13.1. The monoisotopic (exact) mass is 621 g/mol. The lowest BCUT2D eigenvalue weighted by molar-refractivity contribution is -0.161. The summed E-state index contributed by atoms with van der Waals surface area (Å²) in [5.74, 6) is -2.03. The molecule has 1 heterocycles. The zero-order valence-electron chi connectivity index (χ0n) is 27.2. The number of thioether (sulfide) groups is 1. The fourth-order valence-electron chi connectivity index (χ4n) is 6.28. The zero-order chi connectivity index (χ0) is 32.4. The summed E-state index contributed by atoms with van der Waals surface area (Å²) in [6.45, 7) is 17.4. The number of rotatable bonds is 11. The minimum Gasteiger partial charge on any atom is -0.466 e. The molecule has 238 valence electrons. The normalized spacial score (nSPS) is 24.1. The summed E-state index contributed by atoms with van der Waals surface area (Å²) in [5, 5.41) is 2.20. The van der Waals surface area contributed by atoms with Gasteiger partial charge in [-0.15, -0.1) is 18.3 Å². The number of hydrogen-bond donors (Lipinski definition) is 0. The number of allylic oxidation sites excluding steroid dienone is 1. The highest BCUT2D eigenvalue weighted by atomic mass is 32.2. The summed E-state index contributed by atoms with van der Waals surface area (Å²) in [7, 11) is 0. The minimum atomic E-state index is -0.926. The lowest BCUT2D eigenvalue weighted by atomic mass is 9.77. The van der Waals surface area contributed by atoms with Crippen molar-refractivity contribution in [1.82, 2.24) is 4.90 Å². The van der Waals surface area contributed by atoms with Gasteiger partial charge in [-0.1, -0.05) is 63.2 Å². The van der Waals surface area contributed by atoms with E-state index < -0.39 is 34.4 Å². The Bertz CT molecular complexity index is 1420. The van der Waals surface area contributed by atoms with Gasteiger partial charge >= 0.3 is 11.9 Å². The van der Waals surface area contributed by atoms with E-state index in [0.29, 0.717) is 19.4 Å². The van der Waals surface area contributed by atoms with Crippen LogP contribution in [0, 0.1) is 22.7 Å². The van der Waals surface area contributed by atoms with Gasteiger partial charge in [0.2, 0.25) is 5.91 Å². The van der Waals surface area contributed by atoms with Crippen LogP contribution in [-0.2, 0) is 28.7 Å². The van der Waals surface area contributed by atoms with Gasteiger partial charge in [0.05, 0.1) is 30.4 Å². The number of hydrogen-bond acceptors (Lipinski definition) is 7. The number of amides is 1. The Morgan fingerprint density at radius 2 is 1.75 bits per heavy atom. The Morgan fingerprint density at radius 3 is 2.36 bits per heavy atom. The highest BCUT2D eigenvalue weighted by molar-refractivity contribution is 8.00. The first-order valence-corrected chi connectivity index (χ1v) is 16.5. The van der Waals surface area contributed by atoms with Crippen LogP contribution >= 0.6 is 11.8 Å². The topological polar surface area (TPSA) is 90.0 Å². The molecule has 1 aliphatic carbocycles. The first kappa shape index (κ1) is 33.8. The molecule has 7 nitrogen and oxygen atoms in total. The molecule has 2 aliphatic rings. The second-order valence-corrected chi connectivity index (χ2v) is 15.6. The molecule has 0 spiro atoms. The number of Topliss-reactive ketones (excluding diaryl/α,β-unsaturated/α-hetero) is 1. The van der Waals surface area contributed by atoms with Crippen LogP contribution < -0.4 is 0 Å². The highest BCUT2D eigenvalue weighted by Gasteiger charge is 2.61. The molecule has 0 aromatic heterocycles. The third-order valence-electron chi connectivity index (χ3n) is 8.68. The quantitative estimate of drug-likeness (QED) is 0.197. The van der Waals surface area contributed by atoms with Crippen LogP contribution in [0.3, 0.4) is 0 Å². The van der Waals surface area contributed by atoms with Gasteiger partial charge in [-0.2, -0.15) is 0 Å². The van der Waals surface area contributed by atoms with Gasteiger partial charge in [0.1, 0.15) is 5.60 Å². The number of fused-ring (bicyclic) bond motifs is 1. The van der Waals surface area contributed by atoms with Gasteiger partial charge in [-0.25, -0.2) is 0 Å². The summed E-state index contributed by atoms with van der Waals surface area (Å²) < 4.78 is 11.0. The van der Waals surface area contributed by atoms with E-state index >= 15 is 0 Å². The molecule has 0 bridgehead atoms. The van der Waals surface area contributed by atoms with E-state index in [0.717, 1.165) is 15.7 Å². The molecule has 1 saturated heterocycles. The number of carbonyl (C=O) groups is 4. The SMILES string of the molecule is C=CC1CC1(CC(=O)[C@@H]1C[C@@H](Sc2cccc3ccccc23)CN1C(=O)[C@@H](CC(=O)OC(C)(C)C)C(C)(C)C)C(=O)OCC. The van der Waals surface area contributed by atoms with Crippen LogP contribution in [0.4, 0.5) is 0 Å². The molecule has 1 saturated carbocycles. The Hall–Kier alpha value is -3.13. The average Bonchev–Trinajstić information content (AvgIpc) is 3.49. The molecule has 2 aromatic rings. The summed E-state index contributed by atoms with van der Waals surface area (Å²) >= 11 is 1.67. The van der Waals surface area contributed by atoms with E-state index in [9.17, 15) is 19.2 Å². The van der Waals surface area contributed by atoms with E-state index in [-0.39, 0.29) is 48.3 Å². The Morgan fingerprint density at radius 1 is 1.07 bits per heavy atom. The predicted octanol–water partition coefficient (Wildman–Crippen LogP) is 7.01. The maximum atomic E-state index is 14.4. The van der Waals surface area contributed by atoms with Gasteiger partial charge < -0.3 is 14.4 Å². The van der Waals surface area contributed by atoms with Crippen LogP contribution in [0.25, 0.3) is 10.8 Å². The van der Waals surface area contributed by atoms with Gasteiger partial charge in [-0.05, 0) is 68.7 Å². The highest BCUT2D eigenvalue weighted by Crippen LogP contribution is 2.57. The molecular weight excluding hydrogens is 574 g/mol. The summed E-state index contributed by atoms with van der Waals surface area (Å²) in [6.07, 6.45) is 2.61. The first-order chi connectivity index (χ1) is 20.6. The van der Waals surface area contributed by atoms with Crippen molar-refractivity contribution < 1.29 is 28.7 Å². The Labute approximate surface area is 266 Å².